The number of carbonyl (C=O) groups is 1. The predicted octanol–water partition coefficient (Wildman–Crippen LogP) is 5.82. The van der Waals surface area contributed by atoms with Crippen molar-refractivity contribution >= 4 is 23.3 Å². The van der Waals surface area contributed by atoms with E-state index < -0.39 is 6.16 Å². The summed E-state index contributed by atoms with van der Waals surface area (Å²) in [5, 5.41) is 8.89. The zero-order valence-corrected chi connectivity index (χ0v) is 21.3. The molecule has 0 aliphatic carbocycles. The van der Waals surface area contributed by atoms with Crippen molar-refractivity contribution in [1.29, 1.82) is 0 Å². The molecule has 190 valence electrons. The molecule has 1 saturated heterocycles. The summed E-state index contributed by atoms with van der Waals surface area (Å²) in [5.74, 6) is 2.85. The van der Waals surface area contributed by atoms with Gasteiger partial charge in [-0.2, -0.15) is 0 Å². The first-order valence-corrected chi connectivity index (χ1v) is 12.5. The summed E-state index contributed by atoms with van der Waals surface area (Å²) in [6, 6.07) is 9.95. The molecule has 2 aromatic carbocycles. The number of imidazole rings is 1. The minimum Gasteiger partial charge on any atom is -0.490 e. The van der Waals surface area contributed by atoms with E-state index in [1.54, 1.807) is 12.1 Å². The number of rotatable bonds is 6. The Bertz CT molecular complexity index is 1320. The molecule has 3 aromatic rings. The SMILES string of the molecule is CCOc1cc(CN2CCC(n3c(C)nc4cc(OC(=O)O)ccc43)CC2)cc2c1OC(C)(C)C=C2. The van der Waals surface area contributed by atoms with Crippen LogP contribution in [0, 0.1) is 6.92 Å². The second-order valence-corrected chi connectivity index (χ2v) is 10.0. The van der Waals surface area contributed by atoms with E-state index in [2.05, 4.69) is 38.7 Å². The Balaban J connectivity index is 1.29. The second-order valence-electron chi connectivity index (χ2n) is 10.0. The van der Waals surface area contributed by atoms with E-state index in [4.69, 9.17) is 19.3 Å². The lowest BCUT2D eigenvalue weighted by Crippen LogP contribution is -2.34. The third kappa shape index (κ3) is 4.91. The van der Waals surface area contributed by atoms with Gasteiger partial charge in [-0.25, -0.2) is 9.78 Å². The molecule has 36 heavy (non-hydrogen) atoms. The van der Waals surface area contributed by atoms with Crippen LogP contribution in [0.3, 0.4) is 0 Å². The van der Waals surface area contributed by atoms with Crippen molar-refractivity contribution < 1.29 is 24.1 Å². The monoisotopic (exact) mass is 491 g/mol. The maximum absolute atomic E-state index is 10.9. The maximum atomic E-state index is 10.9. The van der Waals surface area contributed by atoms with Gasteiger partial charge in [-0.1, -0.05) is 6.08 Å². The highest BCUT2D eigenvalue weighted by atomic mass is 16.7. The first kappa shape index (κ1) is 24.2. The summed E-state index contributed by atoms with van der Waals surface area (Å²) < 4.78 is 19.2. The van der Waals surface area contributed by atoms with Crippen molar-refractivity contribution in [3.8, 4) is 17.2 Å². The summed E-state index contributed by atoms with van der Waals surface area (Å²) >= 11 is 0. The summed E-state index contributed by atoms with van der Waals surface area (Å²) in [5.41, 5.74) is 3.71. The van der Waals surface area contributed by atoms with Crippen LogP contribution in [0.5, 0.6) is 17.2 Å². The molecule has 8 nitrogen and oxygen atoms in total. The molecule has 5 rings (SSSR count). The van der Waals surface area contributed by atoms with Gasteiger partial charge in [0.25, 0.3) is 0 Å². The van der Waals surface area contributed by atoms with E-state index in [0.29, 0.717) is 12.6 Å². The zero-order chi connectivity index (χ0) is 25.4. The van der Waals surface area contributed by atoms with Crippen LogP contribution in [0.15, 0.2) is 36.4 Å². The summed E-state index contributed by atoms with van der Waals surface area (Å²) in [7, 11) is 0. The minimum atomic E-state index is -1.32. The Morgan fingerprint density at radius 3 is 2.72 bits per heavy atom. The summed E-state index contributed by atoms with van der Waals surface area (Å²) in [6.07, 6.45) is 4.93. The number of carboxylic acid groups (broad SMARTS) is 1. The fourth-order valence-electron chi connectivity index (χ4n) is 5.28. The average molecular weight is 492 g/mol. The third-order valence-corrected chi connectivity index (χ3v) is 6.84. The molecule has 0 amide bonds. The first-order valence-electron chi connectivity index (χ1n) is 12.5. The number of likely N-dealkylation sites (tertiary alicyclic amines) is 1. The molecule has 0 spiro atoms. The smallest absolute Gasteiger partial charge is 0.490 e. The molecular formula is C28H33N3O5. The van der Waals surface area contributed by atoms with E-state index in [-0.39, 0.29) is 11.4 Å². The number of piperidine rings is 1. The van der Waals surface area contributed by atoms with Crippen LogP contribution in [-0.2, 0) is 6.54 Å². The number of ether oxygens (including phenoxy) is 3. The van der Waals surface area contributed by atoms with Gasteiger partial charge >= 0.3 is 6.16 Å². The molecule has 8 heteroatoms. The van der Waals surface area contributed by atoms with Gasteiger partial charge in [0.2, 0.25) is 0 Å². The lowest BCUT2D eigenvalue weighted by molar-refractivity contribution is 0.144. The molecular weight excluding hydrogens is 458 g/mol. The number of benzene rings is 2. The highest BCUT2D eigenvalue weighted by Gasteiger charge is 2.27. The molecule has 1 aromatic heterocycles. The molecule has 0 saturated carbocycles. The van der Waals surface area contributed by atoms with Crippen LogP contribution < -0.4 is 14.2 Å². The lowest BCUT2D eigenvalue weighted by Gasteiger charge is -2.34. The van der Waals surface area contributed by atoms with Crippen LogP contribution in [0.25, 0.3) is 17.1 Å². The molecule has 2 aliphatic rings. The number of hydrogen-bond donors (Lipinski definition) is 1. The standard InChI is InChI=1S/C28H33N3O5/c1-5-34-25-15-19(14-20-8-11-28(3,4)36-26(20)25)17-30-12-9-21(10-13-30)31-18(2)29-23-16-22(35-27(32)33)6-7-24(23)31/h6-8,11,14-16,21H,5,9-10,12-13,17H2,1-4H3,(H,32,33). The van der Waals surface area contributed by atoms with Gasteiger partial charge in [0.05, 0.1) is 17.6 Å². The molecule has 0 atom stereocenters. The molecule has 0 unspecified atom stereocenters. The molecule has 2 aliphatic heterocycles. The predicted molar refractivity (Wildman–Crippen MR) is 138 cm³/mol. The van der Waals surface area contributed by atoms with Crippen LogP contribution in [0.4, 0.5) is 4.79 Å². The molecule has 0 radical (unpaired) electrons. The zero-order valence-electron chi connectivity index (χ0n) is 21.3. The minimum absolute atomic E-state index is 0.287. The number of fused-ring (bicyclic) bond motifs is 2. The quantitative estimate of drug-likeness (QED) is 0.343. The molecule has 3 heterocycles. The van der Waals surface area contributed by atoms with Gasteiger partial charge < -0.3 is 23.9 Å². The van der Waals surface area contributed by atoms with Crippen LogP contribution in [0.1, 0.15) is 56.6 Å². The van der Waals surface area contributed by atoms with E-state index >= 15 is 0 Å². The Kier molecular flexibility index (Phi) is 6.38. The van der Waals surface area contributed by atoms with Crippen LogP contribution in [0.2, 0.25) is 0 Å². The van der Waals surface area contributed by atoms with Crippen LogP contribution in [-0.4, -0.2) is 51.0 Å². The molecule has 1 fully saturated rings. The van der Waals surface area contributed by atoms with Crippen molar-refractivity contribution in [3.63, 3.8) is 0 Å². The maximum Gasteiger partial charge on any atom is 0.511 e. The van der Waals surface area contributed by atoms with Crippen molar-refractivity contribution in [2.24, 2.45) is 0 Å². The fraction of sp³-hybridized carbons (Fsp3) is 0.429. The Morgan fingerprint density at radius 1 is 1.22 bits per heavy atom. The van der Waals surface area contributed by atoms with E-state index in [0.717, 1.165) is 66.4 Å². The van der Waals surface area contributed by atoms with E-state index in [1.165, 1.54) is 5.56 Å². The van der Waals surface area contributed by atoms with Crippen molar-refractivity contribution in [2.45, 2.75) is 58.7 Å². The highest BCUT2D eigenvalue weighted by Crippen LogP contribution is 2.40. The van der Waals surface area contributed by atoms with E-state index in [1.807, 2.05) is 33.8 Å². The van der Waals surface area contributed by atoms with Gasteiger partial charge in [-0.05, 0) is 76.4 Å². The van der Waals surface area contributed by atoms with Gasteiger partial charge in [-0.3, -0.25) is 4.90 Å². The Hall–Kier alpha value is -3.52. The molecule has 0 bridgehead atoms. The normalized spacial score (nSPS) is 17.6. The first-order chi connectivity index (χ1) is 17.2. The molecule has 1 N–H and O–H groups in total. The fourth-order valence-corrected chi connectivity index (χ4v) is 5.28. The van der Waals surface area contributed by atoms with Gasteiger partial charge in [-0.15, -0.1) is 0 Å². The number of aromatic nitrogens is 2. The van der Waals surface area contributed by atoms with Crippen LogP contribution >= 0.6 is 0 Å². The van der Waals surface area contributed by atoms with Gasteiger partial charge in [0.15, 0.2) is 11.5 Å². The van der Waals surface area contributed by atoms with Crippen molar-refractivity contribution in [3.05, 3.63) is 53.4 Å². The highest BCUT2D eigenvalue weighted by molar-refractivity contribution is 5.79. The van der Waals surface area contributed by atoms with Gasteiger partial charge in [0, 0.05) is 37.3 Å². The third-order valence-electron chi connectivity index (χ3n) is 6.84. The summed E-state index contributed by atoms with van der Waals surface area (Å²) in [6.45, 7) is 11.5. The largest absolute Gasteiger partial charge is 0.511 e. The Labute approximate surface area is 211 Å². The average Bonchev–Trinajstić information content (AvgIpc) is 3.14. The number of hydrogen-bond acceptors (Lipinski definition) is 6. The topological polar surface area (TPSA) is 86.0 Å². The van der Waals surface area contributed by atoms with E-state index in [9.17, 15) is 4.79 Å². The lowest BCUT2D eigenvalue weighted by atomic mass is 9.99. The number of nitrogens with zero attached hydrogens (tertiary/aromatic N) is 3. The Morgan fingerprint density at radius 2 is 2.00 bits per heavy atom. The van der Waals surface area contributed by atoms with Crippen molar-refractivity contribution in [1.82, 2.24) is 14.5 Å². The van der Waals surface area contributed by atoms with Gasteiger partial charge in [0.1, 0.15) is 17.2 Å². The van der Waals surface area contributed by atoms with Crippen molar-refractivity contribution in [2.75, 3.05) is 19.7 Å². The number of aryl methyl sites for hydroxylation is 1. The second kappa shape index (κ2) is 9.50. The summed E-state index contributed by atoms with van der Waals surface area (Å²) in [4.78, 5) is 18.0.